The lowest BCUT2D eigenvalue weighted by atomic mass is 9.89. The van der Waals surface area contributed by atoms with Gasteiger partial charge in [-0.3, -0.25) is 0 Å². The Bertz CT molecular complexity index is 854. The second-order valence-electron chi connectivity index (χ2n) is 7.87. The number of rotatable bonds is 3. The number of amides is 2. The van der Waals surface area contributed by atoms with Crippen LogP contribution in [0.3, 0.4) is 0 Å². The molecule has 4 rings (SSSR count). The minimum atomic E-state index is 0.0422. The quantitative estimate of drug-likeness (QED) is 0.818. The third-order valence-electron chi connectivity index (χ3n) is 5.81. The van der Waals surface area contributed by atoms with E-state index in [4.69, 9.17) is 4.74 Å². The van der Waals surface area contributed by atoms with Crippen molar-refractivity contribution in [2.45, 2.75) is 13.0 Å². The average Bonchev–Trinajstić information content (AvgIpc) is 3.25. The highest BCUT2D eigenvalue weighted by Gasteiger charge is 2.50. The maximum atomic E-state index is 12.9. The zero-order chi connectivity index (χ0) is 19.8. The number of benzene rings is 1. The number of aromatic nitrogens is 2. The normalized spacial score (nSPS) is 23.6. The predicted octanol–water partition coefficient (Wildman–Crippen LogP) is 2.58. The van der Waals surface area contributed by atoms with Crippen LogP contribution in [0.1, 0.15) is 17.3 Å². The lowest BCUT2D eigenvalue weighted by Gasteiger charge is -2.32. The van der Waals surface area contributed by atoms with Gasteiger partial charge in [-0.25, -0.2) is 14.8 Å². The molecule has 1 aromatic heterocycles. The van der Waals surface area contributed by atoms with Crippen LogP contribution in [0.15, 0.2) is 36.5 Å². The van der Waals surface area contributed by atoms with Gasteiger partial charge >= 0.3 is 6.03 Å². The van der Waals surface area contributed by atoms with Crippen LogP contribution in [0.4, 0.5) is 10.7 Å². The number of ether oxygens (including phenoxy) is 1. The number of carbonyl (C=O) groups excluding carboxylic acids is 1. The highest BCUT2D eigenvalue weighted by molar-refractivity contribution is 5.75. The maximum Gasteiger partial charge on any atom is 0.320 e. The van der Waals surface area contributed by atoms with Crippen molar-refractivity contribution >= 4 is 12.0 Å². The zero-order valence-electron chi connectivity index (χ0n) is 16.9. The molecule has 7 nitrogen and oxygen atoms in total. The number of methoxy groups -OCH3 is 1. The lowest BCUT2D eigenvalue weighted by molar-refractivity contribution is 0.159. The van der Waals surface area contributed by atoms with Crippen LogP contribution in [0.5, 0.6) is 5.75 Å². The van der Waals surface area contributed by atoms with E-state index in [2.05, 4.69) is 27.0 Å². The van der Waals surface area contributed by atoms with Gasteiger partial charge in [-0.05, 0) is 30.7 Å². The van der Waals surface area contributed by atoms with E-state index in [0.717, 1.165) is 42.6 Å². The van der Waals surface area contributed by atoms with E-state index in [1.807, 2.05) is 50.3 Å². The van der Waals surface area contributed by atoms with E-state index < -0.39 is 0 Å². The van der Waals surface area contributed by atoms with Crippen molar-refractivity contribution in [2.24, 2.45) is 11.8 Å². The van der Waals surface area contributed by atoms with Crippen molar-refractivity contribution < 1.29 is 9.53 Å². The summed E-state index contributed by atoms with van der Waals surface area (Å²) < 4.78 is 5.30. The predicted molar refractivity (Wildman–Crippen MR) is 107 cm³/mol. The summed E-state index contributed by atoms with van der Waals surface area (Å²) >= 11 is 0. The van der Waals surface area contributed by atoms with Crippen LogP contribution in [0, 0.1) is 18.8 Å². The summed E-state index contributed by atoms with van der Waals surface area (Å²) in [5.74, 6) is 2.36. The molecule has 3 heterocycles. The molecule has 2 amide bonds. The first-order valence-electron chi connectivity index (χ1n) is 9.64. The van der Waals surface area contributed by atoms with Gasteiger partial charge in [-0.2, -0.15) is 0 Å². The van der Waals surface area contributed by atoms with Crippen molar-refractivity contribution in [3.63, 3.8) is 0 Å². The lowest BCUT2D eigenvalue weighted by Crippen LogP contribution is -2.41. The van der Waals surface area contributed by atoms with Crippen molar-refractivity contribution in [1.29, 1.82) is 0 Å². The topological polar surface area (TPSA) is 61.8 Å². The number of fused-ring (bicyclic) bond motifs is 1. The van der Waals surface area contributed by atoms with Crippen LogP contribution in [0.25, 0.3) is 0 Å². The zero-order valence-corrected chi connectivity index (χ0v) is 16.9. The summed E-state index contributed by atoms with van der Waals surface area (Å²) in [5, 5.41) is 0. The molecular weight excluding hydrogens is 354 g/mol. The van der Waals surface area contributed by atoms with E-state index in [9.17, 15) is 4.79 Å². The van der Waals surface area contributed by atoms with Gasteiger partial charge in [0.05, 0.1) is 13.2 Å². The average molecular weight is 381 g/mol. The monoisotopic (exact) mass is 381 g/mol. The fourth-order valence-corrected chi connectivity index (χ4v) is 4.48. The molecule has 0 unspecified atom stereocenters. The summed E-state index contributed by atoms with van der Waals surface area (Å²) in [7, 11) is 5.29. The Balaban J connectivity index is 1.63. The number of hydrogen-bond donors (Lipinski definition) is 0. The molecular formula is C21H27N5O2. The molecule has 148 valence electrons. The summed E-state index contributed by atoms with van der Waals surface area (Å²) in [6, 6.07) is 10.1. The van der Waals surface area contributed by atoms with Crippen molar-refractivity contribution in [3.05, 3.63) is 47.8 Å². The molecule has 2 saturated heterocycles. The molecule has 7 heteroatoms. The van der Waals surface area contributed by atoms with E-state index in [1.165, 1.54) is 0 Å². The second-order valence-corrected chi connectivity index (χ2v) is 7.87. The Morgan fingerprint density at radius 2 is 1.89 bits per heavy atom. The molecule has 1 aromatic carbocycles. The SMILES string of the molecule is COc1ccc([C@H]2[C@@H]3CN(c4nccc(C)n4)C[C@@H]3CN2C(=O)N(C)C)cc1. The van der Waals surface area contributed by atoms with Gasteiger partial charge in [0.1, 0.15) is 5.75 Å². The Hall–Kier alpha value is -2.83. The smallest absolute Gasteiger partial charge is 0.320 e. The second kappa shape index (κ2) is 7.30. The molecule has 0 spiro atoms. The highest BCUT2D eigenvalue weighted by atomic mass is 16.5. The Kier molecular flexibility index (Phi) is 4.83. The highest BCUT2D eigenvalue weighted by Crippen LogP contribution is 2.46. The van der Waals surface area contributed by atoms with E-state index >= 15 is 0 Å². The number of aryl methyl sites for hydroxylation is 1. The first-order valence-corrected chi connectivity index (χ1v) is 9.64. The van der Waals surface area contributed by atoms with Gasteiger partial charge in [0.2, 0.25) is 5.95 Å². The number of nitrogens with zero attached hydrogens (tertiary/aromatic N) is 5. The van der Waals surface area contributed by atoms with Crippen molar-refractivity contribution in [3.8, 4) is 5.75 Å². The molecule has 0 radical (unpaired) electrons. The minimum absolute atomic E-state index is 0.0422. The molecule has 28 heavy (non-hydrogen) atoms. The van der Waals surface area contributed by atoms with Crippen LogP contribution >= 0.6 is 0 Å². The van der Waals surface area contributed by atoms with E-state index in [-0.39, 0.29) is 12.1 Å². The molecule has 2 aliphatic rings. The standard InChI is InChI=1S/C21H27N5O2/c1-14-9-10-22-20(23-14)25-11-16-12-26(21(27)24(2)3)19(18(16)13-25)15-5-7-17(28-4)8-6-15/h5-10,16,18-19H,11-13H2,1-4H3/t16-,18-,19+/m1/s1. The molecule has 3 atom stereocenters. The Morgan fingerprint density at radius 1 is 1.14 bits per heavy atom. The molecule has 0 bridgehead atoms. The van der Waals surface area contributed by atoms with E-state index in [1.54, 1.807) is 12.0 Å². The first kappa shape index (κ1) is 18.5. The fraction of sp³-hybridized carbons (Fsp3) is 0.476. The maximum absolute atomic E-state index is 12.9. The third kappa shape index (κ3) is 3.25. The van der Waals surface area contributed by atoms with Crippen molar-refractivity contribution in [2.75, 3.05) is 45.7 Å². The van der Waals surface area contributed by atoms with Crippen LogP contribution in [-0.2, 0) is 0 Å². The van der Waals surface area contributed by atoms with Gasteiger partial charge in [0.15, 0.2) is 0 Å². The summed E-state index contributed by atoms with van der Waals surface area (Å²) in [6.45, 7) is 4.46. The number of carbonyl (C=O) groups is 1. The molecule has 2 fully saturated rings. The number of likely N-dealkylation sites (tertiary alicyclic amines) is 1. The first-order chi connectivity index (χ1) is 13.5. The van der Waals surface area contributed by atoms with Crippen LogP contribution in [-0.4, -0.2) is 66.6 Å². The minimum Gasteiger partial charge on any atom is -0.497 e. The van der Waals surface area contributed by atoms with Gasteiger partial charge in [0.25, 0.3) is 0 Å². The van der Waals surface area contributed by atoms with Crippen LogP contribution in [0.2, 0.25) is 0 Å². The third-order valence-corrected chi connectivity index (χ3v) is 5.81. The van der Waals surface area contributed by atoms with Gasteiger partial charge in [-0.1, -0.05) is 12.1 Å². The molecule has 0 N–H and O–H groups in total. The number of urea groups is 1. The van der Waals surface area contributed by atoms with Gasteiger partial charge in [0, 0.05) is 57.5 Å². The van der Waals surface area contributed by atoms with Gasteiger partial charge in [-0.15, -0.1) is 0 Å². The summed E-state index contributed by atoms with van der Waals surface area (Å²) in [5.41, 5.74) is 2.12. The fourth-order valence-electron chi connectivity index (χ4n) is 4.48. The molecule has 2 aliphatic heterocycles. The number of hydrogen-bond acceptors (Lipinski definition) is 5. The van der Waals surface area contributed by atoms with Crippen LogP contribution < -0.4 is 9.64 Å². The number of anilines is 1. The van der Waals surface area contributed by atoms with Gasteiger partial charge < -0.3 is 19.4 Å². The molecule has 2 aromatic rings. The Morgan fingerprint density at radius 3 is 2.54 bits per heavy atom. The largest absolute Gasteiger partial charge is 0.497 e. The molecule has 0 saturated carbocycles. The van der Waals surface area contributed by atoms with Crippen molar-refractivity contribution in [1.82, 2.24) is 19.8 Å². The van der Waals surface area contributed by atoms with E-state index in [0.29, 0.717) is 11.8 Å². The summed E-state index contributed by atoms with van der Waals surface area (Å²) in [6.07, 6.45) is 1.81. The summed E-state index contributed by atoms with van der Waals surface area (Å²) in [4.78, 5) is 27.9. The molecule has 0 aliphatic carbocycles. The Labute approximate surface area is 165 Å².